The SMILES string of the molecule is O=C1[C]SC=CN1. The summed E-state index contributed by atoms with van der Waals surface area (Å²) in [4.78, 5) is 10.2. The molecule has 1 N–H and O–H groups in total. The van der Waals surface area contributed by atoms with E-state index in [4.69, 9.17) is 0 Å². The molecule has 3 heteroatoms. The number of carbonyl (C=O) groups excluding carboxylic acids is 1. The van der Waals surface area contributed by atoms with Gasteiger partial charge in [0.05, 0.1) is 0 Å². The number of hydrogen-bond donors (Lipinski definition) is 1. The molecule has 0 fully saturated rings. The maximum absolute atomic E-state index is 10.2. The summed E-state index contributed by atoms with van der Waals surface area (Å²) < 4.78 is 0. The van der Waals surface area contributed by atoms with Crippen LogP contribution in [0.25, 0.3) is 0 Å². The van der Waals surface area contributed by atoms with Crippen LogP contribution in [0.5, 0.6) is 0 Å². The number of thioether (sulfide) groups is 1. The Bertz CT molecular complexity index is 110. The van der Waals surface area contributed by atoms with Gasteiger partial charge in [-0.15, -0.1) is 11.8 Å². The molecule has 2 nitrogen and oxygen atoms in total. The Kier molecular flexibility index (Phi) is 1.36. The molecule has 0 aromatic rings. The number of nitrogens with one attached hydrogen (secondary N) is 1. The van der Waals surface area contributed by atoms with E-state index in [0.717, 1.165) is 0 Å². The number of hydrogen-bond acceptors (Lipinski definition) is 2. The van der Waals surface area contributed by atoms with Gasteiger partial charge in [-0.2, -0.15) is 0 Å². The van der Waals surface area contributed by atoms with Gasteiger partial charge in [-0.1, -0.05) is 0 Å². The molecule has 0 spiro atoms. The van der Waals surface area contributed by atoms with E-state index in [1.807, 2.05) is 0 Å². The van der Waals surface area contributed by atoms with Gasteiger partial charge in [-0.05, 0) is 5.41 Å². The van der Waals surface area contributed by atoms with Crippen LogP contribution in [0.2, 0.25) is 0 Å². The average Bonchev–Trinajstić information content (AvgIpc) is 1.69. The molecule has 0 aromatic carbocycles. The van der Waals surface area contributed by atoms with Crippen molar-refractivity contribution in [1.29, 1.82) is 0 Å². The van der Waals surface area contributed by atoms with E-state index in [1.54, 1.807) is 11.6 Å². The van der Waals surface area contributed by atoms with Gasteiger partial charge < -0.3 is 5.32 Å². The second kappa shape index (κ2) is 2.02. The third kappa shape index (κ3) is 1.23. The van der Waals surface area contributed by atoms with Gasteiger partial charge >= 0.3 is 0 Å². The lowest BCUT2D eigenvalue weighted by Gasteiger charge is -1.99. The Balaban J connectivity index is 2.47. The van der Waals surface area contributed by atoms with Crippen molar-refractivity contribution in [2.75, 3.05) is 0 Å². The van der Waals surface area contributed by atoms with Crippen LogP contribution in [0.3, 0.4) is 0 Å². The molecule has 0 saturated carbocycles. The molecule has 7 heavy (non-hydrogen) atoms. The average molecular weight is 113 g/mol. The molecule has 2 radical (unpaired) electrons. The van der Waals surface area contributed by atoms with Crippen molar-refractivity contribution in [2.24, 2.45) is 0 Å². The molecule has 1 amide bonds. The monoisotopic (exact) mass is 113 g/mol. The summed E-state index contributed by atoms with van der Waals surface area (Å²) in [6, 6.07) is 0. The van der Waals surface area contributed by atoms with Crippen LogP contribution in [0, 0.1) is 5.75 Å². The highest BCUT2D eigenvalue weighted by Gasteiger charge is 2.01. The van der Waals surface area contributed by atoms with Gasteiger partial charge in [0.1, 0.15) is 0 Å². The third-order valence-corrected chi connectivity index (χ3v) is 1.08. The molecule has 0 aliphatic carbocycles. The van der Waals surface area contributed by atoms with E-state index in [2.05, 4.69) is 11.1 Å². The van der Waals surface area contributed by atoms with Crippen LogP contribution in [-0.2, 0) is 4.79 Å². The van der Waals surface area contributed by atoms with Crippen LogP contribution < -0.4 is 5.32 Å². The first kappa shape index (κ1) is 4.71. The quantitative estimate of drug-likeness (QED) is 0.491. The summed E-state index contributed by atoms with van der Waals surface area (Å²) in [5, 5.41) is 4.18. The summed E-state index contributed by atoms with van der Waals surface area (Å²) in [5.74, 6) is 2.30. The fourth-order valence-corrected chi connectivity index (χ4v) is 0.631. The van der Waals surface area contributed by atoms with Crippen LogP contribution in [0.1, 0.15) is 0 Å². The van der Waals surface area contributed by atoms with Gasteiger partial charge in [0.25, 0.3) is 0 Å². The van der Waals surface area contributed by atoms with Gasteiger partial charge in [0.15, 0.2) is 5.75 Å². The fraction of sp³-hybridized carbons (Fsp3) is 0. The minimum atomic E-state index is -0.160. The van der Waals surface area contributed by atoms with Crippen molar-refractivity contribution < 1.29 is 4.79 Å². The highest BCUT2D eigenvalue weighted by atomic mass is 32.2. The molecule has 0 saturated heterocycles. The molecule has 1 aliphatic rings. The first-order valence-corrected chi connectivity index (χ1v) is 2.65. The second-order valence-electron chi connectivity index (χ2n) is 0.996. The van der Waals surface area contributed by atoms with Crippen LogP contribution in [0.15, 0.2) is 11.6 Å². The van der Waals surface area contributed by atoms with Gasteiger partial charge in [0.2, 0.25) is 5.91 Å². The molecular weight excluding hydrogens is 110 g/mol. The van der Waals surface area contributed by atoms with Crippen molar-refractivity contribution in [3.63, 3.8) is 0 Å². The fourth-order valence-electron chi connectivity index (χ4n) is 0.261. The zero-order chi connectivity index (χ0) is 5.11. The van der Waals surface area contributed by atoms with E-state index in [-0.39, 0.29) is 5.91 Å². The standard InChI is InChI=1S/C4H3NOS/c6-4-3-7-2-1-5-4/h1-2H,(H,5,6). The zero-order valence-electron chi connectivity index (χ0n) is 3.47. The lowest BCUT2D eigenvalue weighted by molar-refractivity contribution is -0.116. The highest BCUT2D eigenvalue weighted by molar-refractivity contribution is 8.04. The topological polar surface area (TPSA) is 29.1 Å². The predicted molar refractivity (Wildman–Crippen MR) is 28.1 cm³/mol. The number of amides is 1. The molecule has 0 aromatic heterocycles. The summed E-state index contributed by atoms with van der Waals surface area (Å²) >= 11 is 1.26. The Morgan fingerprint density at radius 1 is 1.86 bits per heavy atom. The van der Waals surface area contributed by atoms with Crippen molar-refractivity contribution in [3.8, 4) is 0 Å². The van der Waals surface area contributed by atoms with Gasteiger partial charge in [-0.3, -0.25) is 4.79 Å². The molecule has 1 rings (SSSR count). The van der Waals surface area contributed by atoms with Gasteiger partial charge in [-0.25, -0.2) is 0 Å². The van der Waals surface area contributed by atoms with E-state index in [1.165, 1.54) is 11.8 Å². The Labute approximate surface area is 46.0 Å². The molecule has 1 heterocycles. The Morgan fingerprint density at radius 3 is 3.00 bits per heavy atom. The number of carbonyl (C=O) groups is 1. The molecule has 36 valence electrons. The molecule has 1 aliphatic heterocycles. The zero-order valence-corrected chi connectivity index (χ0v) is 4.29. The lowest BCUT2D eigenvalue weighted by Crippen LogP contribution is -2.17. The highest BCUT2D eigenvalue weighted by Crippen LogP contribution is 2.08. The Morgan fingerprint density at radius 2 is 2.71 bits per heavy atom. The van der Waals surface area contributed by atoms with E-state index in [0.29, 0.717) is 0 Å². The normalized spacial score (nSPS) is 19.1. The molecule has 0 unspecified atom stereocenters. The minimum Gasteiger partial charge on any atom is -0.331 e. The van der Waals surface area contributed by atoms with Crippen LogP contribution in [0.4, 0.5) is 0 Å². The first-order chi connectivity index (χ1) is 3.39. The second-order valence-corrected chi connectivity index (χ2v) is 1.71. The lowest BCUT2D eigenvalue weighted by atomic mass is 10.7. The van der Waals surface area contributed by atoms with E-state index >= 15 is 0 Å². The van der Waals surface area contributed by atoms with Crippen molar-refractivity contribution in [2.45, 2.75) is 0 Å². The Hall–Kier alpha value is -0.440. The van der Waals surface area contributed by atoms with E-state index in [9.17, 15) is 4.79 Å². The molecule has 0 atom stereocenters. The van der Waals surface area contributed by atoms with Crippen molar-refractivity contribution >= 4 is 17.7 Å². The van der Waals surface area contributed by atoms with Crippen molar-refractivity contribution in [3.05, 3.63) is 17.4 Å². The first-order valence-electron chi connectivity index (χ1n) is 1.77. The summed E-state index contributed by atoms with van der Waals surface area (Å²) in [7, 11) is 0. The molecule has 0 bridgehead atoms. The molecular formula is C4H3NOS. The van der Waals surface area contributed by atoms with Crippen molar-refractivity contribution in [1.82, 2.24) is 5.32 Å². The summed E-state index contributed by atoms with van der Waals surface area (Å²) in [6.45, 7) is 0. The smallest absolute Gasteiger partial charge is 0.244 e. The van der Waals surface area contributed by atoms with Gasteiger partial charge in [0, 0.05) is 6.20 Å². The largest absolute Gasteiger partial charge is 0.331 e. The third-order valence-electron chi connectivity index (χ3n) is 0.502. The maximum atomic E-state index is 10.2. The summed E-state index contributed by atoms with van der Waals surface area (Å²) in [5.41, 5.74) is 0. The van der Waals surface area contributed by atoms with Crippen LogP contribution in [-0.4, -0.2) is 5.91 Å². The minimum absolute atomic E-state index is 0.160. The summed E-state index contributed by atoms with van der Waals surface area (Å²) in [6.07, 6.45) is 1.59. The maximum Gasteiger partial charge on any atom is 0.244 e. The predicted octanol–water partition coefficient (Wildman–Crippen LogP) is 0.359. The number of rotatable bonds is 0. The van der Waals surface area contributed by atoms with E-state index < -0.39 is 0 Å². The van der Waals surface area contributed by atoms with Crippen LogP contribution >= 0.6 is 11.8 Å².